The molecule has 2 unspecified atom stereocenters. The Morgan fingerprint density at radius 1 is 1.26 bits per heavy atom. The van der Waals surface area contributed by atoms with E-state index in [9.17, 15) is 13.4 Å². The molecule has 3 aromatic rings. The summed E-state index contributed by atoms with van der Waals surface area (Å²) in [5.74, 6) is 0.579. The average molecular weight is 457 g/mol. The largest absolute Gasteiger partial charge is 0.327 e. The van der Waals surface area contributed by atoms with E-state index < -0.39 is 10.8 Å². The molecule has 1 amide bonds. The first-order chi connectivity index (χ1) is 15.0. The van der Waals surface area contributed by atoms with Crippen LogP contribution in [0.1, 0.15) is 29.5 Å². The van der Waals surface area contributed by atoms with Crippen LogP contribution in [0.25, 0.3) is 11.1 Å². The summed E-state index contributed by atoms with van der Waals surface area (Å²) in [4.78, 5) is 19.7. The summed E-state index contributed by atoms with van der Waals surface area (Å²) >= 11 is 1.57. The molecule has 0 bridgehead atoms. The van der Waals surface area contributed by atoms with Gasteiger partial charge < -0.3 is 4.90 Å². The van der Waals surface area contributed by atoms with Crippen molar-refractivity contribution >= 4 is 28.0 Å². The molecule has 31 heavy (non-hydrogen) atoms. The van der Waals surface area contributed by atoms with Crippen LogP contribution in [0.3, 0.4) is 0 Å². The lowest BCUT2D eigenvalue weighted by Crippen LogP contribution is -2.41. The maximum atomic E-state index is 13.2. The van der Waals surface area contributed by atoms with Crippen LogP contribution in [-0.2, 0) is 28.7 Å². The van der Waals surface area contributed by atoms with Crippen LogP contribution >= 0.6 is 11.3 Å². The number of halogens is 1. The van der Waals surface area contributed by atoms with Crippen LogP contribution < -0.4 is 0 Å². The van der Waals surface area contributed by atoms with Crippen molar-refractivity contribution in [2.75, 3.05) is 5.75 Å². The lowest BCUT2D eigenvalue weighted by molar-refractivity contribution is -0.133. The van der Waals surface area contributed by atoms with E-state index in [-0.39, 0.29) is 24.3 Å². The van der Waals surface area contributed by atoms with E-state index in [0.717, 1.165) is 21.8 Å². The highest BCUT2D eigenvalue weighted by molar-refractivity contribution is 7.88. The second-order valence-corrected chi connectivity index (χ2v) is 10.1. The zero-order valence-corrected chi connectivity index (χ0v) is 18.3. The van der Waals surface area contributed by atoms with Gasteiger partial charge in [0.25, 0.3) is 0 Å². The van der Waals surface area contributed by atoms with Crippen LogP contribution in [0.4, 0.5) is 4.39 Å². The first-order valence-electron chi connectivity index (χ1n) is 10.1. The van der Waals surface area contributed by atoms with Crippen molar-refractivity contribution in [2.45, 2.75) is 37.9 Å². The van der Waals surface area contributed by atoms with Crippen LogP contribution in [0.15, 0.2) is 53.5 Å². The molecule has 0 spiro atoms. The highest BCUT2D eigenvalue weighted by Crippen LogP contribution is 2.40. The van der Waals surface area contributed by atoms with Crippen molar-refractivity contribution in [2.24, 2.45) is 0 Å². The molecule has 2 aromatic heterocycles. The second-order valence-electron chi connectivity index (χ2n) is 7.84. The minimum Gasteiger partial charge on any atom is -0.327 e. The minimum absolute atomic E-state index is 0.0685. The molecule has 1 aromatic carbocycles. The monoisotopic (exact) mass is 456 g/mol. The van der Waals surface area contributed by atoms with Gasteiger partial charge in [-0.2, -0.15) is 5.10 Å². The fourth-order valence-electron chi connectivity index (χ4n) is 3.62. The molecule has 160 valence electrons. The molecule has 5 rings (SSSR count). The van der Waals surface area contributed by atoms with Gasteiger partial charge in [-0.15, -0.1) is 11.3 Å². The van der Waals surface area contributed by atoms with Gasteiger partial charge in [0.2, 0.25) is 5.91 Å². The van der Waals surface area contributed by atoms with E-state index in [2.05, 4.69) is 10.5 Å². The highest BCUT2D eigenvalue weighted by atomic mass is 32.2. The van der Waals surface area contributed by atoms with Gasteiger partial charge in [0, 0.05) is 39.3 Å². The van der Waals surface area contributed by atoms with E-state index in [4.69, 9.17) is 4.98 Å². The molecule has 0 radical (unpaired) electrons. The van der Waals surface area contributed by atoms with E-state index in [1.165, 1.54) is 25.0 Å². The Kier molecular flexibility index (Phi) is 5.54. The number of benzene rings is 1. The number of nitrogens with zero attached hydrogens (tertiary/aromatic N) is 4. The van der Waals surface area contributed by atoms with E-state index in [1.807, 2.05) is 6.08 Å². The third-order valence-electron chi connectivity index (χ3n) is 5.49. The maximum Gasteiger partial charge on any atom is 0.245 e. The second kappa shape index (κ2) is 8.47. The predicted molar refractivity (Wildman–Crippen MR) is 118 cm³/mol. The summed E-state index contributed by atoms with van der Waals surface area (Å²) in [6, 6.07) is 5.95. The third kappa shape index (κ3) is 4.67. The molecule has 2 aliphatic rings. The first-order valence-corrected chi connectivity index (χ1v) is 12.4. The van der Waals surface area contributed by atoms with Gasteiger partial charge >= 0.3 is 0 Å². The number of hydrogen-bond acceptors (Lipinski definition) is 5. The molecule has 1 aliphatic carbocycles. The first kappa shape index (κ1) is 20.3. The Bertz CT molecular complexity index is 1150. The Hall–Kier alpha value is -2.65. The fraction of sp³-hybridized carbons (Fsp3) is 0.318. The van der Waals surface area contributed by atoms with E-state index in [0.29, 0.717) is 18.2 Å². The Morgan fingerprint density at radius 2 is 2.06 bits per heavy atom. The third-order valence-corrected chi connectivity index (χ3v) is 7.47. The van der Waals surface area contributed by atoms with Gasteiger partial charge in [0.1, 0.15) is 17.4 Å². The molecular formula is C22H21FN4O2S2. The summed E-state index contributed by atoms with van der Waals surface area (Å²) in [7, 11) is -1.05. The number of rotatable bonds is 7. The molecule has 1 saturated carbocycles. The smallest absolute Gasteiger partial charge is 0.245 e. The molecule has 0 N–H and O–H groups in total. The number of hydrogen-bond donors (Lipinski definition) is 0. The van der Waals surface area contributed by atoms with Crippen LogP contribution in [-0.4, -0.2) is 41.6 Å². The molecule has 1 aliphatic heterocycles. The Labute approximate surface area is 185 Å². The van der Waals surface area contributed by atoms with E-state index >= 15 is 0 Å². The lowest BCUT2D eigenvalue weighted by atomic mass is 10.1. The number of aromatic nitrogens is 3. The van der Waals surface area contributed by atoms with Crippen LogP contribution in [0.2, 0.25) is 0 Å². The highest BCUT2D eigenvalue weighted by Gasteiger charge is 2.30. The predicted octanol–water partition coefficient (Wildman–Crippen LogP) is 3.70. The number of amides is 1. The molecule has 0 saturated heterocycles. The summed E-state index contributed by atoms with van der Waals surface area (Å²) < 4.78 is 26.7. The maximum absolute atomic E-state index is 13.2. The van der Waals surface area contributed by atoms with Gasteiger partial charge in [0.15, 0.2) is 0 Å². The van der Waals surface area contributed by atoms with Gasteiger partial charge in [-0.05, 0) is 30.5 Å². The molecular weight excluding hydrogens is 435 g/mol. The molecule has 2 atom stereocenters. The normalized spacial score (nSPS) is 20.3. The van der Waals surface area contributed by atoms with Crippen molar-refractivity contribution in [3.63, 3.8) is 0 Å². The van der Waals surface area contributed by atoms with Crippen LogP contribution in [0.5, 0.6) is 0 Å². The minimum atomic E-state index is -1.05. The van der Waals surface area contributed by atoms with Crippen molar-refractivity contribution in [1.29, 1.82) is 0 Å². The summed E-state index contributed by atoms with van der Waals surface area (Å²) in [6.07, 6.45) is 7.66. The average Bonchev–Trinajstić information content (AvgIpc) is 3.12. The fourth-order valence-corrected chi connectivity index (χ4v) is 5.59. The number of carbonyl (C=O) groups is 1. The zero-order valence-electron chi connectivity index (χ0n) is 16.7. The van der Waals surface area contributed by atoms with E-state index in [1.54, 1.807) is 50.9 Å². The summed E-state index contributed by atoms with van der Waals surface area (Å²) in [5, 5.41) is 8.94. The zero-order chi connectivity index (χ0) is 21.4. The SMILES string of the molecule is O=C(Cn1cc(-c2ccc(F)cc2)cn1)N(Cc1nc(C2CC2)cs1)C1C=CS(=O)C1. The van der Waals surface area contributed by atoms with Gasteiger partial charge in [-0.25, -0.2) is 9.37 Å². The molecule has 3 heterocycles. The topological polar surface area (TPSA) is 68.1 Å². The number of carbonyl (C=O) groups excluding carboxylic acids is 1. The van der Waals surface area contributed by atoms with Gasteiger partial charge in [-0.3, -0.25) is 13.7 Å². The summed E-state index contributed by atoms with van der Waals surface area (Å²) in [6.45, 7) is 0.466. The van der Waals surface area contributed by atoms with Crippen molar-refractivity contribution in [3.05, 3.63) is 70.0 Å². The van der Waals surface area contributed by atoms with Crippen molar-refractivity contribution in [1.82, 2.24) is 19.7 Å². The van der Waals surface area contributed by atoms with Gasteiger partial charge in [-0.1, -0.05) is 18.2 Å². The standard InChI is InChI=1S/C22H21FN4O2S2/c23-18-5-3-15(4-6-18)17-9-24-26(10-17)12-22(28)27(19-7-8-31(29)14-19)11-21-25-20(13-30-21)16-1-2-16/h3-10,13,16,19H,1-2,11-12,14H2. The summed E-state index contributed by atoms with van der Waals surface area (Å²) in [5.41, 5.74) is 2.77. The van der Waals surface area contributed by atoms with Crippen molar-refractivity contribution in [3.8, 4) is 11.1 Å². The molecule has 1 fully saturated rings. The van der Waals surface area contributed by atoms with Crippen molar-refractivity contribution < 1.29 is 13.4 Å². The Balaban J connectivity index is 1.32. The molecule has 9 heteroatoms. The number of thiazole rings is 1. The van der Waals surface area contributed by atoms with Crippen LogP contribution in [0, 0.1) is 5.82 Å². The quantitative estimate of drug-likeness (QED) is 0.544. The lowest BCUT2D eigenvalue weighted by Gasteiger charge is -2.26. The molecule has 6 nitrogen and oxygen atoms in total. The Morgan fingerprint density at radius 3 is 2.77 bits per heavy atom. The van der Waals surface area contributed by atoms with Gasteiger partial charge in [0.05, 0.1) is 30.2 Å².